The van der Waals surface area contributed by atoms with Crippen LogP contribution in [0.25, 0.3) is 0 Å². The first-order chi connectivity index (χ1) is 9.79. The van der Waals surface area contributed by atoms with E-state index < -0.39 is 0 Å². The van der Waals surface area contributed by atoms with Gasteiger partial charge >= 0.3 is 0 Å². The second-order valence-corrected chi connectivity index (χ2v) is 6.71. The van der Waals surface area contributed by atoms with Crippen molar-refractivity contribution in [2.45, 2.75) is 38.0 Å². The van der Waals surface area contributed by atoms with Crippen LogP contribution in [0.5, 0.6) is 5.75 Å². The molecule has 0 heterocycles. The highest BCUT2D eigenvalue weighted by Crippen LogP contribution is 2.30. The Bertz CT molecular complexity index is 684. The van der Waals surface area contributed by atoms with Gasteiger partial charge in [0.15, 0.2) is 0 Å². The van der Waals surface area contributed by atoms with Crippen LogP contribution in [-0.4, -0.2) is 11.3 Å². The lowest BCUT2D eigenvalue weighted by Crippen LogP contribution is -2.12. The SMILES string of the molecule is Cc1cc(C(C)(C)C)cc(C=Nc2ccccc2S)c1O. The van der Waals surface area contributed by atoms with Gasteiger partial charge in [0.25, 0.3) is 0 Å². The Hall–Kier alpha value is -1.74. The number of rotatable bonds is 2. The Morgan fingerprint density at radius 2 is 1.81 bits per heavy atom. The second-order valence-electron chi connectivity index (χ2n) is 6.23. The van der Waals surface area contributed by atoms with Crippen LogP contribution >= 0.6 is 12.6 Å². The Labute approximate surface area is 132 Å². The van der Waals surface area contributed by atoms with Crippen LogP contribution in [0, 0.1) is 6.92 Å². The van der Waals surface area contributed by atoms with Gasteiger partial charge in [-0.2, -0.15) is 0 Å². The smallest absolute Gasteiger partial charge is 0.127 e. The molecule has 2 aromatic carbocycles. The molecule has 0 aromatic heterocycles. The van der Waals surface area contributed by atoms with Crippen LogP contribution in [0.4, 0.5) is 5.69 Å². The molecular weight excluding hydrogens is 278 g/mol. The number of hydrogen-bond acceptors (Lipinski definition) is 3. The molecule has 0 saturated carbocycles. The molecule has 2 nitrogen and oxygen atoms in total. The van der Waals surface area contributed by atoms with Crippen LogP contribution in [0.3, 0.4) is 0 Å². The monoisotopic (exact) mass is 299 g/mol. The van der Waals surface area contributed by atoms with Crippen molar-refractivity contribution >= 4 is 24.5 Å². The van der Waals surface area contributed by atoms with Crippen molar-refractivity contribution in [3.8, 4) is 5.75 Å². The standard InChI is InChI=1S/C18H21NOS/c1-12-9-14(18(2,3)4)10-13(17(12)20)11-19-15-7-5-6-8-16(15)21/h5-11,20-21H,1-4H3. The summed E-state index contributed by atoms with van der Waals surface area (Å²) in [6.45, 7) is 8.38. The fourth-order valence-corrected chi connectivity index (χ4v) is 2.27. The molecule has 0 unspecified atom stereocenters. The molecule has 0 radical (unpaired) electrons. The third-order valence-corrected chi connectivity index (χ3v) is 3.80. The van der Waals surface area contributed by atoms with Crippen molar-refractivity contribution in [3.63, 3.8) is 0 Å². The molecule has 2 aromatic rings. The normalized spacial score (nSPS) is 12.0. The molecule has 0 aliphatic rings. The van der Waals surface area contributed by atoms with Gasteiger partial charge in [0, 0.05) is 16.7 Å². The van der Waals surface area contributed by atoms with Gasteiger partial charge in [-0.25, -0.2) is 0 Å². The fraction of sp³-hybridized carbons (Fsp3) is 0.278. The molecule has 3 heteroatoms. The zero-order chi connectivity index (χ0) is 15.6. The number of aromatic hydroxyl groups is 1. The Kier molecular flexibility index (Phi) is 4.43. The van der Waals surface area contributed by atoms with E-state index in [0.29, 0.717) is 0 Å². The molecule has 21 heavy (non-hydrogen) atoms. The van der Waals surface area contributed by atoms with E-state index >= 15 is 0 Å². The van der Waals surface area contributed by atoms with E-state index in [0.717, 1.165) is 21.7 Å². The predicted octanol–water partition coefficient (Wildman–Crippen LogP) is 5.04. The van der Waals surface area contributed by atoms with Crippen molar-refractivity contribution in [3.05, 3.63) is 53.1 Å². The Morgan fingerprint density at radius 1 is 1.14 bits per heavy atom. The van der Waals surface area contributed by atoms with E-state index in [1.54, 1.807) is 6.21 Å². The van der Waals surface area contributed by atoms with Gasteiger partial charge in [-0.05, 0) is 41.7 Å². The van der Waals surface area contributed by atoms with Gasteiger partial charge < -0.3 is 5.11 Å². The molecule has 110 valence electrons. The maximum absolute atomic E-state index is 10.2. The predicted molar refractivity (Wildman–Crippen MR) is 92.5 cm³/mol. The van der Waals surface area contributed by atoms with Crippen molar-refractivity contribution in [2.75, 3.05) is 0 Å². The van der Waals surface area contributed by atoms with Gasteiger partial charge in [0.1, 0.15) is 5.75 Å². The minimum atomic E-state index is 0.0303. The highest BCUT2D eigenvalue weighted by molar-refractivity contribution is 7.80. The third-order valence-electron chi connectivity index (χ3n) is 3.42. The minimum Gasteiger partial charge on any atom is -0.507 e. The summed E-state index contributed by atoms with van der Waals surface area (Å²) in [5.41, 5.74) is 3.60. The first-order valence-corrected chi connectivity index (χ1v) is 7.40. The summed E-state index contributed by atoms with van der Waals surface area (Å²) in [4.78, 5) is 5.26. The molecule has 0 saturated heterocycles. The Morgan fingerprint density at radius 3 is 2.43 bits per heavy atom. The number of nitrogens with zero attached hydrogens (tertiary/aromatic N) is 1. The van der Waals surface area contributed by atoms with Gasteiger partial charge in [-0.15, -0.1) is 12.6 Å². The number of thiol groups is 1. The van der Waals surface area contributed by atoms with E-state index in [2.05, 4.69) is 38.4 Å². The van der Waals surface area contributed by atoms with Gasteiger partial charge in [0.2, 0.25) is 0 Å². The van der Waals surface area contributed by atoms with Crippen molar-refractivity contribution in [1.82, 2.24) is 0 Å². The summed E-state index contributed by atoms with van der Waals surface area (Å²) in [6.07, 6.45) is 1.70. The number of phenolic OH excluding ortho intramolecular Hbond substituents is 1. The molecule has 0 atom stereocenters. The lowest BCUT2D eigenvalue weighted by Gasteiger charge is -2.21. The van der Waals surface area contributed by atoms with Crippen molar-refractivity contribution < 1.29 is 5.11 Å². The number of phenols is 1. The minimum absolute atomic E-state index is 0.0303. The largest absolute Gasteiger partial charge is 0.507 e. The second kappa shape index (κ2) is 5.94. The highest BCUT2D eigenvalue weighted by atomic mass is 32.1. The molecule has 0 amide bonds. The molecule has 0 spiro atoms. The highest BCUT2D eigenvalue weighted by Gasteiger charge is 2.16. The summed E-state index contributed by atoms with van der Waals surface area (Å²) in [5.74, 6) is 0.281. The number of aliphatic imine (C=N–C) groups is 1. The Balaban J connectivity index is 2.45. The average Bonchev–Trinajstić information content (AvgIpc) is 2.40. The molecular formula is C18H21NOS. The van der Waals surface area contributed by atoms with E-state index in [1.165, 1.54) is 5.56 Å². The maximum atomic E-state index is 10.2. The van der Waals surface area contributed by atoms with Crippen molar-refractivity contribution in [1.29, 1.82) is 0 Å². The first-order valence-electron chi connectivity index (χ1n) is 6.95. The zero-order valence-electron chi connectivity index (χ0n) is 12.9. The molecule has 0 bridgehead atoms. The molecule has 0 fully saturated rings. The lowest BCUT2D eigenvalue weighted by molar-refractivity contribution is 0.469. The van der Waals surface area contributed by atoms with Crippen molar-refractivity contribution in [2.24, 2.45) is 4.99 Å². The van der Waals surface area contributed by atoms with Crippen LogP contribution in [-0.2, 0) is 5.41 Å². The number of aryl methyl sites for hydroxylation is 1. The molecule has 0 aliphatic heterocycles. The number of para-hydroxylation sites is 1. The summed E-state index contributed by atoms with van der Waals surface area (Å²) in [6, 6.07) is 11.7. The maximum Gasteiger partial charge on any atom is 0.127 e. The molecule has 2 rings (SSSR count). The van der Waals surface area contributed by atoms with Crippen LogP contribution in [0.15, 0.2) is 46.3 Å². The van der Waals surface area contributed by atoms with Gasteiger partial charge in [-0.1, -0.05) is 39.0 Å². The zero-order valence-corrected chi connectivity index (χ0v) is 13.8. The number of hydrogen-bond donors (Lipinski definition) is 2. The van der Waals surface area contributed by atoms with E-state index in [1.807, 2.05) is 43.3 Å². The summed E-state index contributed by atoms with van der Waals surface area (Å²) in [5, 5.41) is 10.2. The van der Waals surface area contributed by atoms with Gasteiger partial charge in [-0.3, -0.25) is 4.99 Å². The van der Waals surface area contributed by atoms with Crippen LogP contribution in [0.2, 0.25) is 0 Å². The summed E-state index contributed by atoms with van der Waals surface area (Å²) >= 11 is 4.38. The van der Waals surface area contributed by atoms with E-state index in [9.17, 15) is 5.11 Å². The van der Waals surface area contributed by atoms with Crippen LogP contribution < -0.4 is 0 Å². The lowest BCUT2D eigenvalue weighted by atomic mass is 9.85. The van der Waals surface area contributed by atoms with Crippen LogP contribution in [0.1, 0.15) is 37.5 Å². The fourth-order valence-electron chi connectivity index (χ4n) is 2.05. The quantitative estimate of drug-likeness (QED) is 0.591. The summed E-state index contributed by atoms with van der Waals surface area (Å²) in [7, 11) is 0. The average molecular weight is 299 g/mol. The van der Waals surface area contributed by atoms with E-state index in [4.69, 9.17) is 0 Å². The number of benzene rings is 2. The first kappa shape index (κ1) is 15.6. The summed E-state index contributed by atoms with van der Waals surface area (Å²) < 4.78 is 0. The van der Waals surface area contributed by atoms with Gasteiger partial charge in [0.05, 0.1) is 5.69 Å². The van der Waals surface area contributed by atoms with E-state index in [-0.39, 0.29) is 11.2 Å². The molecule has 0 aliphatic carbocycles. The molecule has 1 N–H and O–H groups in total. The topological polar surface area (TPSA) is 32.6 Å². The third kappa shape index (κ3) is 3.67.